The Kier molecular flexibility index (Phi) is 4.71. The van der Waals surface area contributed by atoms with Gasteiger partial charge in [0.1, 0.15) is 0 Å². The minimum Gasteiger partial charge on any atom is -0.267 e. The molecule has 0 aliphatic heterocycles. The van der Waals surface area contributed by atoms with E-state index in [1.807, 2.05) is 24.3 Å². The average molecular weight is 338 g/mol. The smallest absolute Gasteiger partial charge is 0.267 e. The van der Waals surface area contributed by atoms with Crippen LogP contribution in [0.1, 0.15) is 15.9 Å². The Balaban J connectivity index is 2.03. The molecule has 0 saturated heterocycles. The predicted octanol–water partition coefficient (Wildman–Crippen LogP) is 3.87. The highest BCUT2D eigenvalue weighted by Crippen LogP contribution is 2.13. The van der Waals surface area contributed by atoms with E-state index >= 15 is 0 Å². The zero-order valence-electron chi connectivity index (χ0n) is 9.81. The van der Waals surface area contributed by atoms with Crippen molar-refractivity contribution in [3.8, 4) is 0 Å². The summed E-state index contributed by atoms with van der Waals surface area (Å²) in [4.78, 5) is 11.8. The summed E-state index contributed by atoms with van der Waals surface area (Å²) < 4.78 is 0.843. The second-order valence-corrected chi connectivity index (χ2v) is 5.05. The molecule has 0 spiro atoms. The second kappa shape index (κ2) is 6.50. The van der Waals surface area contributed by atoms with E-state index in [-0.39, 0.29) is 5.91 Å². The van der Waals surface area contributed by atoms with Crippen LogP contribution in [0.5, 0.6) is 0 Å². The van der Waals surface area contributed by atoms with Gasteiger partial charge in [0, 0.05) is 20.6 Å². The molecule has 2 aromatic rings. The number of nitrogens with one attached hydrogen (secondary N) is 1. The molecule has 0 unspecified atom stereocenters. The molecule has 1 N–H and O–H groups in total. The molecule has 0 aliphatic carbocycles. The lowest BCUT2D eigenvalue weighted by atomic mass is 10.2. The van der Waals surface area contributed by atoms with E-state index in [1.54, 1.807) is 24.3 Å². The number of halogens is 2. The van der Waals surface area contributed by atoms with Crippen molar-refractivity contribution in [3.05, 3.63) is 69.2 Å². The fraction of sp³-hybridized carbons (Fsp3) is 0. The second-order valence-electron chi connectivity index (χ2n) is 3.73. The number of amides is 1. The highest BCUT2D eigenvalue weighted by atomic mass is 79.9. The third kappa shape index (κ3) is 3.91. The van der Waals surface area contributed by atoms with E-state index < -0.39 is 0 Å². The number of nitrogens with zero attached hydrogens (tertiary/aromatic N) is 1. The molecule has 19 heavy (non-hydrogen) atoms. The van der Waals surface area contributed by atoms with Crippen LogP contribution in [0.25, 0.3) is 0 Å². The zero-order valence-corrected chi connectivity index (χ0v) is 12.1. The molecule has 0 heterocycles. The summed E-state index contributed by atoms with van der Waals surface area (Å²) in [6.45, 7) is 0. The minimum atomic E-state index is -0.274. The third-order valence-electron chi connectivity index (χ3n) is 2.36. The van der Waals surface area contributed by atoms with Gasteiger partial charge in [-0.15, -0.1) is 0 Å². The first kappa shape index (κ1) is 13.8. The van der Waals surface area contributed by atoms with Crippen molar-refractivity contribution >= 4 is 39.7 Å². The molecular weight excluding hydrogens is 328 g/mol. The van der Waals surface area contributed by atoms with Gasteiger partial charge in [-0.25, -0.2) is 5.43 Å². The van der Waals surface area contributed by atoms with Crippen molar-refractivity contribution in [3.63, 3.8) is 0 Å². The van der Waals surface area contributed by atoms with Gasteiger partial charge in [0.05, 0.1) is 6.21 Å². The SMILES string of the molecule is O=C(N/N=C/c1ccccc1Cl)c1cccc(Br)c1. The van der Waals surface area contributed by atoms with Crippen molar-refractivity contribution in [1.82, 2.24) is 5.43 Å². The zero-order chi connectivity index (χ0) is 13.7. The molecule has 1 amide bonds. The highest BCUT2D eigenvalue weighted by Gasteiger charge is 2.03. The van der Waals surface area contributed by atoms with E-state index in [2.05, 4.69) is 26.5 Å². The van der Waals surface area contributed by atoms with Crippen molar-refractivity contribution in [2.45, 2.75) is 0 Å². The van der Waals surface area contributed by atoms with Gasteiger partial charge in [-0.1, -0.05) is 51.8 Å². The average Bonchev–Trinajstić information content (AvgIpc) is 2.41. The van der Waals surface area contributed by atoms with E-state index in [0.717, 1.165) is 10.0 Å². The number of rotatable bonds is 3. The van der Waals surface area contributed by atoms with Gasteiger partial charge in [0.2, 0.25) is 0 Å². The molecule has 0 bridgehead atoms. The molecule has 96 valence electrons. The van der Waals surface area contributed by atoms with Crippen LogP contribution in [-0.2, 0) is 0 Å². The fourth-order valence-corrected chi connectivity index (χ4v) is 2.02. The van der Waals surface area contributed by atoms with Crippen LogP contribution in [0.2, 0.25) is 5.02 Å². The lowest BCUT2D eigenvalue weighted by molar-refractivity contribution is 0.0955. The molecule has 0 radical (unpaired) electrons. The van der Waals surface area contributed by atoms with Gasteiger partial charge in [-0.05, 0) is 24.3 Å². The molecule has 2 aromatic carbocycles. The van der Waals surface area contributed by atoms with Crippen LogP contribution in [-0.4, -0.2) is 12.1 Å². The van der Waals surface area contributed by atoms with Crippen LogP contribution in [0.4, 0.5) is 0 Å². The van der Waals surface area contributed by atoms with Crippen molar-refractivity contribution < 1.29 is 4.79 Å². The number of hydrogen-bond donors (Lipinski definition) is 1. The number of carbonyl (C=O) groups is 1. The Hall–Kier alpha value is -1.65. The Bertz CT molecular complexity index is 628. The van der Waals surface area contributed by atoms with E-state index in [0.29, 0.717) is 10.6 Å². The van der Waals surface area contributed by atoms with Crippen molar-refractivity contribution in [2.75, 3.05) is 0 Å². The third-order valence-corrected chi connectivity index (χ3v) is 3.20. The van der Waals surface area contributed by atoms with Gasteiger partial charge in [0.25, 0.3) is 5.91 Å². The Morgan fingerprint density at radius 3 is 2.74 bits per heavy atom. The molecule has 0 fully saturated rings. The number of hydrazone groups is 1. The monoisotopic (exact) mass is 336 g/mol. The summed E-state index contributed by atoms with van der Waals surface area (Å²) in [5, 5.41) is 4.47. The number of hydrogen-bond acceptors (Lipinski definition) is 2. The molecule has 0 aliphatic rings. The maximum atomic E-state index is 11.8. The summed E-state index contributed by atoms with van der Waals surface area (Å²) in [6.07, 6.45) is 1.51. The summed E-state index contributed by atoms with van der Waals surface area (Å²) in [5.41, 5.74) is 3.73. The quantitative estimate of drug-likeness (QED) is 0.670. The van der Waals surface area contributed by atoms with Crippen LogP contribution in [0.3, 0.4) is 0 Å². The molecule has 5 heteroatoms. The Morgan fingerprint density at radius 1 is 1.21 bits per heavy atom. The summed E-state index contributed by atoms with van der Waals surface area (Å²) in [7, 11) is 0. The van der Waals surface area contributed by atoms with Gasteiger partial charge >= 0.3 is 0 Å². The van der Waals surface area contributed by atoms with Crippen molar-refractivity contribution in [2.24, 2.45) is 5.10 Å². The normalized spacial score (nSPS) is 10.6. The molecule has 3 nitrogen and oxygen atoms in total. The largest absolute Gasteiger partial charge is 0.271 e. The first-order valence-electron chi connectivity index (χ1n) is 5.50. The van der Waals surface area contributed by atoms with E-state index in [9.17, 15) is 4.79 Å². The molecule has 0 aromatic heterocycles. The maximum Gasteiger partial charge on any atom is 0.271 e. The maximum absolute atomic E-state index is 11.8. The molecule has 0 saturated carbocycles. The van der Waals surface area contributed by atoms with Gasteiger partial charge in [-0.2, -0.15) is 5.10 Å². The lowest BCUT2D eigenvalue weighted by Crippen LogP contribution is -2.17. The standard InChI is InChI=1S/C14H10BrClN2O/c15-12-6-3-5-10(8-12)14(19)18-17-9-11-4-1-2-7-13(11)16/h1-9H,(H,18,19)/b17-9+. The molecular formula is C14H10BrClN2O. The Morgan fingerprint density at radius 2 is 2.00 bits per heavy atom. The summed E-state index contributed by atoms with van der Waals surface area (Å²) in [5.74, 6) is -0.274. The van der Waals surface area contributed by atoms with Crippen LogP contribution in [0, 0.1) is 0 Å². The minimum absolute atomic E-state index is 0.274. The number of carbonyl (C=O) groups excluding carboxylic acids is 1. The first-order chi connectivity index (χ1) is 9.16. The van der Waals surface area contributed by atoms with Crippen molar-refractivity contribution in [1.29, 1.82) is 0 Å². The predicted molar refractivity (Wildman–Crippen MR) is 80.7 cm³/mol. The van der Waals surface area contributed by atoms with Gasteiger partial charge in [0.15, 0.2) is 0 Å². The lowest BCUT2D eigenvalue weighted by Gasteiger charge is -2.00. The van der Waals surface area contributed by atoms with Crippen LogP contribution >= 0.6 is 27.5 Å². The molecule has 2 rings (SSSR count). The molecule has 0 atom stereocenters. The number of benzene rings is 2. The van der Waals surface area contributed by atoms with E-state index in [4.69, 9.17) is 11.6 Å². The summed E-state index contributed by atoms with van der Waals surface area (Å²) in [6, 6.07) is 14.3. The topological polar surface area (TPSA) is 41.5 Å². The first-order valence-corrected chi connectivity index (χ1v) is 6.67. The van der Waals surface area contributed by atoms with Crippen LogP contribution < -0.4 is 5.43 Å². The fourth-order valence-electron chi connectivity index (χ4n) is 1.43. The van der Waals surface area contributed by atoms with Gasteiger partial charge < -0.3 is 0 Å². The van der Waals surface area contributed by atoms with Crippen LogP contribution in [0.15, 0.2) is 58.1 Å². The van der Waals surface area contributed by atoms with E-state index in [1.165, 1.54) is 6.21 Å². The Labute approximate surface area is 124 Å². The highest BCUT2D eigenvalue weighted by molar-refractivity contribution is 9.10. The van der Waals surface area contributed by atoms with Gasteiger partial charge in [-0.3, -0.25) is 4.79 Å². The summed E-state index contributed by atoms with van der Waals surface area (Å²) >= 11 is 9.28.